The van der Waals surface area contributed by atoms with Crippen molar-refractivity contribution < 1.29 is 36.3 Å². The molecule has 0 aliphatic carbocycles. The van der Waals surface area contributed by atoms with Crippen LogP contribution in [0.25, 0.3) is 0 Å². The molecule has 1 saturated heterocycles. The molecule has 11 heteroatoms. The molecule has 7 nitrogen and oxygen atoms in total. The van der Waals surface area contributed by atoms with Gasteiger partial charge in [-0.05, 0) is 17.7 Å². The Hall–Kier alpha value is -2.14. The Morgan fingerprint density at radius 1 is 1.23 bits per heavy atom. The van der Waals surface area contributed by atoms with Crippen molar-refractivity contribution in [3.8, 4) is 0 Å². The van der Waals surface area contributed by atoms with E-state index in [-0.39, 0.29) is 11.5 Å². The lowest BCUT2D eigenvalue weighted by atomic mass is 9.96. The summed E-state index contributed by atoms with van der Waals surface area (Å²) in [4.78, 5) is 22.5. The van der Waals surface area contributed by atoms with Crippen LogP contribution in [0.4, 0.5) is 13.2 Å². The summed E-state index contributed by atoms with van der Waals surface area (Å²) in [5.74, 6) is -6.71. The lowest BCUT2D eigenvalue weighted by molar-refractivity contribution is -0.187. The van der Waals surface area contributed by atoms with Crippen LogP contribution in [-0.2, 0) is 20.6 Å². The van der Waals surface area contributed by atoms with E-state index in [1.165, 1.54) is 31.3 Å². The van der Waals surface area contributed by atoms with Crippen molar-refractivity contribution in [2.24, 2.45) is 11.8 Å². The summed E-state index contributed by atoms with van der Waals surface area (Å²) in [5.41, 5.74) is 0.581. The summed E-state index contributed by atoms with van der Waals surface area (Å²) < 4.78 is 64.3. The zero-order chi connectivity index (χ0) is 19.7. The van der Waals surface area contributed by atoms with Gasteiger partial charge in [0.2, 0.25) is 10.0 Å². The molecule has 0 unspecified atom stereocenters. The van der Waals surface area contributed by atoms with Crippen molar-refractivity contribution >= 4 is 21.9 Å². The Morgan fingerprint density at radius 3 is 2.23 bits per heavy atom. The van der Waals surface area contributed by atoms with E-state index >= 15 is 0 Å². The maximum atomic E-state index is 13.0. The van der Waals surface area contributed by atoms with Crippen molar-refractivity contribution in [2.75, 3.05) is 20.1 Å². The van der Waals surface area contributed by atoms with Crippen molar-refractivity contribution in [3.05, 3.63) is 35.4 Å². The number of carboxylic acids is 1. The minimum absolute atomic E-state index is 0.278. The minimum Gasteiger partial charge on any atom is -0.481 e. The third-order valence-corrected chi connectivity index (χ3v) is 5.99. The highest BCUT2D eigenvalue weighted by molar-refractivity contribution is 7.88. The standard InChI is InChI=1S/C15H17F3N2O5S/c1-19-13(21)10-4-2-9(3-5-10)8-26(24,25)20-6-11(14(22)23)12(7-20)15(16,17)18/h2-5,11-12H,6-8H2,1H3,(H,19,21)(H,22,23)/t11-,12-/m1/s1. The molecule has 1 fully saturated rings. The first-order chi connectivity index (χ1) is 12.0. The first-order valence-electron chi connectivity index (χ1n) is 7.54. The maximum Gasteiger partial charge on any atom is 0.393 e. The molecule has 0 spiro atoms. The molecule has 1 aromatic rings. The maximum absolute atomic E-state index is 13.0. The Balaban J connectivity index is 2.17. The Morgan fingerprint density at radius 2 is 1.81 bits per heavy atom. The van der Waals surface area contributed by atoms with E-state index in [4.69, 9.17) is 5.11 Å². The number of halogens is 3. The van der Waals surface area contributed by atoms with Gasteiger partial charge in [-0.15, -0.1) is 0 Å². The highest BCUT2D eigenvalue weighted by atomic mass is 32.2. The third kappa shape index (κ3) is 4.33. The van der Waals surface area contributed by atoms with Gasteiger partial charge in [0.05, 0.1) is 17.6 Å². The fourth-order valence-electron chi connectivity index (χ4n) is 2.78. The molecule has 1 amide bonds. The van der Waals surface area contributed by atoms with Gasteiger partial charge in [-0.1, -0.05) is 12.1 Å². The van der Waals surface area contributed by atoms with E-state index in [0.29, 0.717) is 9.87 Å². The van der Waals surface area contributed by atoms with Gasteiger partial charge < -0.3 is 10.4 Å². The number of nitrogens with one attached hydrogen (secondary N) is 1. The van der Waals surface area contributed by atoms with Gasteiger partial charge in [0.1, 0.15) is 0 Å². The molecule has 0 radical (unpaired) electrons. The molecule has 2 rings (SSSR count). The lowest BCUT2D eigenvalue weighted by Gasteiger charge is -2.18. The number of benzene rings is 1. The van der Waals surface area contributed by atoms with Crippen LogP contribution in [-0.4, -0.2) is 56.0 Å². The number of sulfonamides is 1. The number of carboxylic acid groups (broad SMARTS) is 1. The van der Waals surface area contributed by atoms with Gasteiger partial charge in [-0.25, -0.2) is 12.7 Å². The number of hydrogen-bond donors (Lipinski definition) is 2. The number of carbonyl (C=O) groups excluding carboxylic acids is 1. The van der Waals surface area contributed by atoms with Crippen LogP contribution in [0.2, 0.25) is 0 Å². The second kappa shape index (κ2) is 7.23. The van der Waals surface area contributed by atoms with Gasteiger partial charge in [0.25, 0.3) is 5.91 Å². The number of amides is 1. The molecule has 144 valence electrons. The van der Waals surface area contributed by atoms with Gasteiger partial charge in [0, 0.05) is 25.7 Å². The summed E-state index contributed by atoms with van der Waals surface area (Å²) in [6, 6.07) is 5.56. The topological polar surface area (TPSA) is 104 Å². The second-order valence-corrected chi connectivity index (χ2v) is 7.91. The number of carbonyl (C=O) groups is 2. The van der Waals surface area contributed by atoms with E-state index in [1.807, 2.05) is 0 Å². The zero-order valence-electron chi connectivity index (χ0n) is 13.7. The number of alkyl halides is 3. The third-order valence-electron chi connectivity index (χ3n) is 4.21. The molecule has 2 atom stereocenters. The van der Waals surface area contributed by atoms with E-state index in [2.05, 4.69) is 5.32 Å². The van der Waals surface area contributed by atoms with Gasteiger partial charge in [0.15, 0.2) is 0 Å². The first-order valence-corrected chi connectivity index (χ1v) is 9.15. The molecule has 1 aromatic carbocycles. The summed E-state index contributed by atoms with van der Waals surface area (Å²) in [6.45, 7) is -1.64. The van der Waals surface area contributed by atoms with Crippen molar-refractivity contribution in [2.45, 2.75) is 11.9 Å². The molecule has 0 aromatic heterocycles. The van der Waals surface area contributed by atoms with Crippen LogP contribution >= 0.6 is 0 Å². The number of aliphatic carboxylic acids is 1. The molecule has 26 heavy (non-hydrogen) atoms. The van der Waals surface area contributed by atoms with Crippen LogP contribution < -0.4 is 5.32 Å². The predicted molar refractivity (Wildman–Crippen MR) is 84.7 cm³/mol. The average Bonchev–Trinajstić information content (AvgIpc) is 3.01. The van der Waals surface area contributed by atoms with Gasteiger partial charge in [-0.2, -0.15) is 13.2 Å². The van der Waals surface area contributed by atoms with Crippen molar-refractivity contribution in [3.63, 3.8) is 0 Å². The summed E-state index contributed by atoms with van der Waals surface area (Å²) in [6.07, 6.45) is -4.80. The van der Waals surface area contributed by atoms with Crippen molar-refractivity contribution in [1.82, 2.24) is 9.62 Å². The summed E-state index contributed by atoms with van der Waals surface area (Å²) >= 11 is 0. The molecule has 0 saturated carbocycles. The van der Waals surface area contributed by atoms with Gasteiger partial charge >= 0.3 is 12.1 Å². The van der Waals surface area contributed by atoms with Crippen LogP contribution in [0.5, 0.6) is 0 Å². The zero-order valence-corrected chi connectivity index (χ0v) is 14.5. The molecule has 1 aliphatic heterocycles. The number of nitrogens with zero attached hydrogens (tertiary/aromatic N) is 1. The van der Waals surface area contributed by atoms with Crippen LogP contribution in [0, 0.1) is 11.8 Å². The highest BCUT2D eigenvalue weighted by Gasteiger charge is 2.54. The minimum atomic E-state index is -4.80. The quantitative estimate of drug-likeness (QED) is 0.778. The van der Waals surface area contributed by atoms with E-state index in [1.54, 1.807) is 0 Å². The van der Waals surface area contributed by atoms with Crippen LogP contribution in [0.3, 0.4) is 0 Å². The summed E-state index contributed by atoms with van der Waals surface area (Å²) in [7, 11) is -2.71. The number of hydrogen-bond acceptors (Lipinski definition) is 4. The molecule has 0 bridgehead atoms. The van der Waals surface area contributed by atoms with Crippen LogP contribution in [0.1, 0.15) is 15.9 Å². The first kappa shape index (κ1) is 20.2. The Bertz CT molecular complexity index is 792. The molecular formula is C15H17F3N2O5S. The average molecular weight is 394 g/mol. The normalized spacial score (nSPS) is 21.5. The smallest absolute Gasteiger partial charge is 0.393 e. The fraction of sp³-hybridized carbons (Fsp3) is 0.467. The predicted octanol–water partition coefficient (Wildman–Crippen LogP) is 1.07. The molecule has 2 N–H and O–H groups in total. The lowest BCUT2D eigenvalue weighted by Crippen LogP contribution is -2.34. The SMILES string of the molecule is CNC(=O)c1ccc(CS(=O)(=O)N2C[C@@H](C(F)(F)F)[C@H](C(=O)O)C2)cc1. The second-order valence-electron chi connectivity index (χ2n) is 5.94. The van der Waals surface area contributed by atoms with Gasteiger partial charge in [-0.3, -0.25) is 9.59 Å². The largest absolute Gasteiger partial charge is 0.481 e. The van der Waals surface area contributed by atoms with E-state index in [9.17, 15) is 31.2 Å². The van der Waals surface area contributed by atoms with E-state index < -0.39 is 52.8 Å². The van der Waals surface area contributed by atoms with Crippen LogP contribution in [0.15, 0.2) is 24.3 Å². The monoisotopic (exact) mass is 394 g/mol. The molecule has 1 heterocycles. The molecular weight excluding hydrogens is 377 g/mol. The Kier molecular flexibility index (Phi) is 5.61. The molecule has 1 aliphatic rings. The van der Waals surface area contributed by atoms with Crippen molar-refractivity contribution in [1.29, 1.82) is 0 Å². The summed E-state index contributed by atoms with van der Waals surface area (Å²) in [5, 5.41) is 11.4. The van der Waals surface area contributed by atoms with E-state index in [0.717, 1.165) is 0 Å². The number of rotatable bonds is 5. The Labute approximate surface area is 147 Å². The fourth-order valence-corrected chi connectivity index (χ4v) is 4.35. The highest BCUT2D eigenvalue weighted by Crippen LogP contribution is 2.39.